The Bertz CT molecular complexity index is 645. The fourth-order valence-corrected chi connectivity index (χ4v) is 2.53. The molecule has 1 amide bonds. The van der Waals surface area contributed by atoms with E-state index in [0.29, 0.717) is 0 Å². The minimum absolute atomic E-state index is 0.205. The summed E-state index contributed by atoms with van der Waals surface area (Å²) in [7, 11) is -2.67. The first-order valence-corrected chi connectivity index (χ1v) is 7.68. The number of carbonyl (C=O) groups is 2. The summed E-state index contributed by atoms with van der Waals surface area (Å²) in [5.74, 6) is -3.72. The first-order chi connectivity index (χ1) is 9.73. The molecular weight excluding hydrogens is 303 g/mol. The van der Waals surface area contributed by atoms with E-state index in [9.17, 15) is 22.4 Å². The minimum Gasteiger partial charge on any atom is -0.469 e. The maximum absolute atomic E-state index is 13.4. The van der Waals surface area contributed by atoms with Crippen molar-refractivity contribution in [1.29, 1.82) is 0 Å². The summed E-state index contributed by atoms with van der Waals surface area (Å²) in [5, 5.41) is 2.12. The molecule has 1 aromatic carbocycles. The van der Waals surface area contributed by atoms with E-state index in [1.54, 1.807) is 0 Å². The molecule has 0 atom stereocenters. The van der Waals surface area contributed by atoms with E-state index >= 15 is 0 Å². The number of hydrogen-bond donors (Lipinski definition) is 2. The smallest absolute Gasteiger partial charge is 0.306 e. The molecule has 116 valence electrons. The normalized spacial score (nSPS) is 11.0. The molecule has 0 fully saturated rings. The van der Waals surface area contributed by atoms with Crippen molar-refractivity contribution in [3.05, 3.63) is 24.0 Å². The molecule has 1 rings (SSSR count). The second kappa shape index (κ2) is 7.02. The number of sulfone groups is 1. The second-order valence-electron chi connectivity index (χ2n) is 4.21. The molecule has 0 radical (unpaired) electrons. The first kappa shape index (κ1) is 16.9. The summed E-state index contributed by atoms with van der Waals surface area (Å²) in [6.07, 6.45) is -0.348. The lowest BCUT2D eigenvalue weighted by molar-refractivity contribution is -0.140. The van der Waals surface area contributed by atoms with Gasteiger partial charge in [0.1, 0.15) is 11.6 Å². The molecule has 0 saturated carbocycles. The van der Waals surface area contributed by atoms with E-state index in [2.05, 4.69) is 10.1 Å². The van der Waals surface area contributed by atoms with Crippen molar-refractivity contribution in [3.63, 3.8) is 0 Å². The van der Waals surface area contributed by atoms with E-state index in [-0.39, 0.29) is 17.8 Å². The van der Waals surface area contributed by atoms with Crippen molar-refractivity contribution in [2.24, 2.45) is 0 Å². The van der Waals surface area contributed by atoms with Gasteiger partial charge in [-0.25, -0.2) is 12.8 Å². The number of methoxy groups -OCH3 is 1. The van der Waals surface area contributed by atoms with Gasteiger partial charge in [0.2, 0.25) is 5.91 Å². The average molecular weight is 318 g/mol. The minimum atomic E-state index is -3.80. The van der Waals surface area contributed by atoms with Gasteiger partial charge in [-0.2, -0.15) is 0 Å². The van der Waals surface area contributed by atoms with Crippen molar-refractivity contribution >= 4 is 33.1 Å². The standard InChI is InChI=1S/C12H15FN2O5S/c1-20-12(17)4-5-21(18,19)7-11(16)15-10-6-8(14)2-3-9(10)13/h2-3,6H,4-5,7,14H2,1H3,(H,15,16). The molecule has 0 unspecified atom stereocenters. The number of nitrogen functional groups attached to an aromatic ring is 1. The van der Waals surface area contributed by atoms with Gasteiger partial charge in [-0.3, -0.25) is 9.59 Å². The molecule has 0 saturated heterocycles. The molecule has 0 aliphatic carbocycles. The molecule has 0 aromatic heterocycles. The topological polar surface area (TPSA) is 116 Å². The molecule has 0 bridgehead atoms. The fourth-order valence-electron chi connectivity index (χ4n) is 1.44. The van der Waals surface area contributed by atoms with Gasteiger partial charge in [0.05, 0.1) is 25.0 Å². The summed E-state index contributed by atoms with van der Waals surface area (Å²) >= 11 is 0. The molecule has 0 aliphatic heterocycles. The third-order valence-electron chi connectivity index (χ3n) is 2.46. The van der Waals surface area contributed by atoms with Gasteiger partial charge in [0.15, 0.2) is 9.84 Å². The molecule has 0 aliphatic rings. The van der Waals surface area contributed by atoms with Crippen LogP contribution in [-0.4, -0.2) is 38.9 Å². The molecule has 3 N–H and O–H groups in total. The number of anilines is 2. The number of halogens is 1. The van der Waals surface area contributed by atoms with Crippen LogP contribution >= 0.6 is 0 Å². The van der Waals surface area contributed by atoms with Crippen LogP contribution in [0.5, 0.6) is 0 Å². The largest absolute Gasteiger partial charge is 0.469 e. The lowest BCUT2D eigenvalue weighted by atomic mass is 10.2. The zero-order chi connectivity index (χ0) is 16.0. The Kier molecular flexibility index (Phi) is 5.65. The number of ether oxygens (including phenoxy) is 1. The van der Waals surface area contributed by atoms with Crippen LogP contribution in [0.3, 0.4) is 0 Å². The van der Waals surface area contributed by atoms with Crippen LogP contribution in [0.1, 0.15) is 6.42 Å². The number of benzene rings is 1. The third-order valence-corrected chi connectivity index (χ3v) is 3.99. The zero-order valence-electron chi connectivity index (χ0n) is 11.3. The van der Waals surface area contributed by atoms with E-state index in [0.717, 1.165) is 13.2 Å². The highest BCUT2D eigenvalue weighted by Crippen LogP contribution is 2.17. The van der Waals surface area contributed by atoms with Crippen molar-refractivity contribution in [2.75, 3.05) is 29.7 Å². The number of amides is 1. The van der Waals surface area contributed by atoms with Gasteiger partial charge in [-0.05, 0) is 18.2 Å². The Hall–Kier alpha value is -2.16. The number of carbonyl (C=O) groups excluding carboxylic acids is 2. The summed E-state index contributed by atoms with van der Waals surface area (Å²) in [6, 6.07) is 3.53. The zero-order valence-corrected chi connectivity index (χ0v) is 12.1. The van der Waals surface area contributed by atoms with Gasteiger partial charge in [-0.15, -0.1) is 0 Å². The predicted molar refractivity (Wildman–Crippen MR) is 74.7 cm³/mol. The molecular formula is C12H15FN2O5S. The lowest BCUT2D eigenvalue weighted by Gasteiger charge is -2.08. The van der Waals surface area contributed by atoms with Crippen LogP contribution in [0.25, 0.3) is 0 Å². The van der Waals surface area contributed by atoms with Crippen molar-refractivity contribution in [2.45, 2.75) is 6.42 Å². The Morgan fingerprint density at radius 3 is 2.67 bits per heavy atom. The molecule has 1 aromatic rings. The SMILES string of the molecule is COC(=O)CCS(=O)(=O)CC(=O)Nc1cc(N)ccc1F. The monoisotopic (exact) mass is 318 g/mol. The third kappa shape index (κ3) is 5.78. The molecule has 7 nitrogen and oxygen atoms in total. The van der Waals surface area contributed by atoms with Crippen LogP contribution in [0, 0.1) is 5.82 Å². The predicted octanol–water partition coefficient (Wildman–Crippen LogP) is 0.324. The molecule has 0 heterocycles. The summed E-state index contributed by atoms with van der Waals surface area (Å²) in [4.78, 5) is 22.5. The van der Waals surface area contributed by atoms with Crippen molar-refractivity contribution < 1.29 is 27.1 Å². The number of nitrogens with one attached hydrogen (secondary N) is 1. The van der Waals surface area contributed by atoms with Crippen LogP contribution in [0.4, 0.5) is 15.8 Å². The summed E-state index contributed by atoms with van der Waals surface area (Å²) < 4.78 is 40.9. The van der Waals surface area contributed by atoms with Crippen LogP contribution < -0.4 is 11.1 Å². The van der Waals surface area contributed by atoms with E-state index in [1.807, 2.05) is 0 Å². The number of esters is 1. The number of hydrogen-bond acceptors (Lipinski definition) is 6. The highest BCUT2D eigenvalue weighted by Gasteiger charge is 2.19. The van der Waals surface area contributed by atoms with Crippen LogP contribution in [0.15, 0.2) is 18.2 Å². The maximum atomic E-state index is 13.4. The first-order valence-electron chi connectivity index (χ1n) is 5.85. The van der Waals surface area contributed by atoms with E-state index < -0.39 is 39.0 Å². The lowest BCUT2D eigenvalue weighted by Crippen LogP contribution is -2.26. The number of rotatable bonds is 6. The van der Waals surface area contributed by atoms with Crippen LogP contribution in [0.2, 0.25) is 0 Å². The summed E-state index contributed by atoms with van der Waals surface area (Å²) in [5.41, 5.74) is 5.46. The van der Waals surface area contributed by atoms with Gasteiger partial charge in [-0.1, -0.05) is 0 Å². The number of nitrogens with two attached hydrogens (primary N) is 1. The highest BCUT2D eigenvalue weighted by atomic mass is 32.2. The molecule has 21 heavy (non-hydrogen) atoms. The van der Waals surface area contributed by atoms with Gasteiger partial charge < -0.3 is 15.8 Å². The maximum Gasteiger partial charge on any atom is 0.306 e. The molecule has 9 heteroatoms. The highest BCUT2D eigenvalue weighted by molar-refractivity contribution is 7.92. The van der Waals surface area contributed by atoms with Crippen molar-refractivity contribution in [1.82, 2.24) is 0 Å². The van der Waals surface area contributed by atoms with E-state index in [1.165, 1.54) is 12.1 Å². The molecule has 0 spiro atoms. The average Bonchev–Trinajstić information content (AvgIpc) is 2.39. The Morgan fingerprint density at radius 2 is 2.05 bits per heavy atom. The Morgan fingerprint density at radius 1 is 1.38 bits per heavy atom. The Labute approximate surface area is 121 Å². The van der Waals surface area contributed by atoms with Crippen molar-refractivity contribution in [3.8, 4) is 0 Å². The van der Waals surface area contributed by atoms with Gasteiger partial charge >= 0.3 is 5.97 Å². The van der Waals surface area contributed by atoms with Gasteiger partial charge in [0, 0.05) is 5.69 Å². The second-order valence-corrected chi connectivity index (χ2v) is 6.39. The summed E-state index contributed by atoms with van der Waals surface area (Å²) in [6.45, 7) is 0. The fraction of sp³-hybridized carbons (Fsp3) is 0.333. The van der Waals surface area contributed by atoms with Gasteiger partial charge in [0.25, 0.3) is 0 Å². The van der Waals surface area contributed by atoms with E-state index in [4.69, 9.17) is 5.73 Å². The quantitative estimate of drug-likeness (QED) is 0.576. The van der Waals surface area contributed by atoms with Crippen LogP contribution in [-0.2, 0) is 24.2 Å². The Balaban J connectivity index is 2.64.